The SMILES string of the molecule is O=Cc1ccc(N(CCCO)C2CCC2)cc1C(F)(F)F. The smallest absolute Gasteiger partial charge is 0.396 e. The zero-order chi connectivity index (χ0) is 15.5. The number of nitrogens with zero attached hydrogens (tertiary/aromatic N) is 1. The molecule has 1 aromatic carbocycles. The largest absolute Gasteiger partial charge is 0.417 e. The first-order chi connectivity index (χ1) is 9.97. The van der Waals surface area contributed by atoms with E-state index in [9.17, 15) is 18.0 Å². The van der Waals surface area contributed by atoms with Crippen molar-refractivity contribution in [3.05, 3.63) is 29.3 Å². The van der Waals surface area contributed by atoms with Crippen LogP contribution in [0.4, 0.5) is 18.9 Å². The number of aliphatic hydroxyl groups excluding tert-OH is 1. The molecule has 1 saturated carbocycles. The number of benzene rings is 1. The minimum absolute atomic E-state index is 0.00176. The van der Waals surface area contributed by atoms with E-state index < -0.39 is 11.7 Å². The fraction of sp³-hybridized carbons (Fsp3) is 0.533. The Balaban J connectivity index is 2.33. The minimum Gasteiger partial charge on any atom is -0.396 e. The summed E-state index contributed by atoms with van der Waals surface area (Å²) >= 11 is 0. The van der Waals surface area contributed by atoms with Gasteiger partial charge in [0.1, 0.15) is 0 Å². The third-order valence-corrected chi connectivity index (χ3v) is 3.87. The number of rotatable bonds is 6. The average Bonchev–Trinajstić information content (AvgIpc) is 2.39. The Morgan fingerprint density at radius 3 is 2.52 bits per heavy atom. The number of aliphatic hydroxyl groups is 1. The molecule has 0 bridgehead atoms. The zero-order valence-corrected chi connectivity index (χ0v) is 11.6. The van der Waals surface area contributed by atoms with Gasteiger partial charge in [-0.1, -0.05) is 0 Å². The number of aldehydes is 1. The van der Waals surface area contributed by atoms with Crippen LogP contribution >= 0.6 is 0 Å². The van der Waals surface area contributed by atoms with Gasteiger partial charge in [0.05, 0.1) is 5.56 Å². The first kappa shape index (κ1) is 15.8. The van der Waals surface area contributed by atoms with Crippen LogP contribution in [0, 0.1) is 0 Å². The molecule has 1 aromatic rings. The van der Waals surface area contributed by atoms with Crippen LogP contribution in [-0.2, 0) is 6.18 Å². The Kier molecular flexibility index (Phi) is 4.88. The van der Waals surface area contributed by atoms with Gasteiger partial charge in [-0.15, -0.1) is 0 Å². The standard InChI is InChI=1S/C15H18F3NO2/c16-15(17,18)14-9-13(6-5-11(14)10-21)19(7-2-8-20)12-3-1-4-12/h5-6,9-10,12,20H,1-4,7-8H2. The van der Waals surface area contributed by atoms with Crippen molar-refractivity contribution in [2.75, 3.05) is 18.1 Å². The highest BCUT2D eigenvalue weighted by Gasteiger charge is 2.34. The predicted molar refractivity (Wildman–Crippen MR) is 73.5 cm³/mol. The van der Waals surface area contributed by atoms with E-state index in [2.05, 4.69) is 0 Å². The van der Waals surface area contributed by atoms with Gasteiger partial charge in [0, 0.05) is 30.4 Å². The lowest BCUT2D eigenvalue weighted by molar-refractivity contribution is -0.137. The second-order valence-corrected chi connectivity index (χ2v) is 5.24. The van der Waals surface area contributed by atoms with Crippen molar-refractivity contribution in [1.82, 2.24) is 0 Å². The molecule has 0 unspecified atom stereocenters. The topological polar surface area (TPSA) is 40.5 Å². The summed E-state index contributed by atoms with van der Waals surface area (Å²) in [7, 11) is 0. The normalized spacial score (nSPS) is 15.6. The highest BCUT2D eigenvalue weighted by Crippen LogP contribution is 2.36. The van der Waals surface area contributed by atoms with Gasteiger partial charge in [0.2, 0.25) is 0 Å². The Morgan fingerprint density at radius 1 is 1.33 bits per heavy atom. The van der Waals surface area contributed by atoms with Crippen molar-refractivity contribution in [2.45, 2.75) is 37.9 Å². The molecule has 1 fully saturated rings. The van der Waals surface area contributed by atoms with E-state index in [0.29, 0.717) is 18.7 Å². The van der Waals surface area contributed by atoms with Crippen LogP contribution in [0.1, 0.15) is 41.6 Å². The molecule has 0 heterocycles. The molecule has 0 atom stereocenters. The van der Waals surface area contributed by atoms with Gasteiger partial charge in [0.25, 0.3) is 0 Å². The van der Waals surface area contributed by atoms with Crippen molar-refractivity contribution in [3.63, 3.8) is 0 Å². The first-order valence-electron chi connectivity index (χ1n) is 7.01. The van der Waals surface area contributed by atoms with E-state index >= 15 is 0 Å². The maximum Gasteiger partial charge on any atom is 0.417 e. The van der Waals surface area contributed by atoms with Gasteiger partial charge in [-0.05, 0) is 43.9 Å². The Morgan fingerprint density at radius 2 is 2.05 bits per heavy atom. The maximum absolute atomic E-state index is 13.0. The first-order valence-corrected chi connectivity index (χ1v) is 7.01. The van der Waals surface area contributed by atoms with Crippen LogP contribution in [0.5, 0.6) is 0 Å². The fourth-order valence-corrected chi connectivity index (χ4v) is 2.53. The molecular formula is C15H18F3NO2. The fourth-order valence-electron chi connectivity index (χ4n) is 2.53. The van der Waals surface area contributed by atoms with Crippen LogP contribution in [-0.4, -0.2) is 30.6 Å². The molecule has 1 aliphatic carbocycles. The van der Waals surface area contributed by atoms with E-state index in [4.69, 9.17) is 5.11 Å². The summed E-state index contributed by atoms with van der Waals surface area (Å²) in [6.45, 7) is 0.515. The maximum atomic E-state index is 13.0. The highest BCUT2D eigenvalue weighted by molar-refractivity contribution is 5.79. The molecule has 0 aliphatic heterocycles. The summed E-state index contributed by atoms with van der Waals surface area (Å²) in [5.74, 6) is 0. The van der Waals surface area contributed by atoms with Crippen LogP contribution < -0.4 is 4.90 Å². The molecule has 1 N–H and O–H groups in total. The Hall–Kier alpha value is -1.56. The molecule has 1 aliphatic rings. The van der Waals surface area contributed by atoms with E-state index in [1.807, 2.05) is 4.90 Å². The van der Waals surface area contributed by atoms with Crippen LogP contribution in [0.25, 0.3) is 0 Å². The molecule has 0 radical (unpaired) electrons. The van der Waals surface area contributed by atoms with Crippen molar-refractivity contribution < 1.29 is 23.1 Å². The molecule has 2 rings (SSSR count). The minimum atomic E-state index is -4.55. The summed E-state index contributed by atoms with van der Waals surface area (Å²) in [6.07, 6.45) is -0.848. The molecule has 0 saturated heterocycles. The summed E-state index contributed by atoms with van der Waals surface area (Å²) in [4.78, 5) is 12.7. The van der Waals surface area contributed by atoms with Crippen molar-refractivity contribution in [2.24, 2.45) is 0 Å². The van der Waals surface area contributed by atoms with Gasteiger partial charge in [-0.2, -0.15) is 13.2 Å². The molecule has 0 spiro atoms. The molecule has 21 heavy (non-hydrogen) atoms. The number of carbonyl (C=O) groups is 1. The lowest BCUT2D eigenvalue weighted by atomic mass is 9.90. The van der Waals surface area contributed by atoms with Gasteiger partial charge in [-0.3, -0.25) is 4.79 Å². The molecule has 0 aromatic heterocycles. The monoisotopic (exact) mass is 301 g/mol. The number of halogens is 3. The summed E-state index contributed by atoms with van der Waals surface area (Å²) in [5, 5.41) is 8.95. The van der Waals surface area contributed by atoms with Crippen LogP contribution in [0.3, 0.4) is 0 Å². The number of alkyl halides is 3. The molecule has 0 amide bonds. The van der Waals surface area contributed by atoms with Gasteiger partial charge in [-0.25, -0.2) is 0 Å². The van der Waals surface area contributed by atoms with Gasteiger partial charge in [0.15, 0.2) is 6.29 Å². The number of hydrogen-bond acceptors (Lipinski definition) is 3. The number of hydrogen-bond donors (Lipinski definition) is 1. The molecule has 3 nitrogen and oxygen atoms in total. The molecule has 116 valence electrons. The number of carbonyl (C=O) groups excluding carboxylic acids is 1. The predicted octanol–water partition coefficient (Wildman–Crippen LogP) is 3.26. The van der Waals surface area contributed by atoms with Crippen LogP contribution in [0.2, 0.25) is 0 Å². The number of anilines is 1. The lowest BCUT2D eigenvalue weighted by Crippen LogP contribution is -2.41. The Bertz CT molecular complexity index is 498. The van der Waals surface area contributed by atoms with Crippen molar-refractivity contribution in [3.8, 4) is 0 Å². The second kappa shape index (κ2) is 6.47. The van der Waals surface area contributed by atoms with E-state index in [1.165, 1.54) is 6.07 Å². The second-order valence-electron chi connectivity index (χ2n) is 5.24. The van der Waals surface area contributed by atoms with E-state index in [1.54, 1.807) is 6.07 Å². The van der Waals surface area contributed by atoms with E-state index in [-0.39, 0.29) is 24.5 Å². The summed E-state index contributed by atoms with van der Waals surface area (Å²) < 4.78 is 39.0. The van der Waals surface area contributed by atoms with Crippen molar-refractivity contribution >= 4 is 12.0 Å². The highest BCUT2D eigenvalue weighted by atomic mass is 19.4. The molecular weight excluding hydrogens is 283 g/mol. The summed E-state index contributed by atoms with van der Waals surface area (Å²) in [5.41, 5.74) is -0.781. The van der Waals surface area contributed by atoms with Crippen LogP contribution in [0.15, 0.2) is 18.2 Å². The lowest BCUT2D eigenvalue weighted by Gasteiger charge is -2.39. The van der Waals surface area contributed by atoms with Crippen molar-refractivity contribution in [1.29, 1.82) is 0 Å². The van der Waals surface area contributed by atoms with Gasteiger partial charge < -0.3 is 10.0 Å². The zero-order valence-electron chi connectivity index (χ0n) is 11.6. The third-order valence-electron chi connectivity index (χ3n) is 3.87. The Labute approximate surface area is 121 Å². The average molecular weight is 301 g/mol. The quantitative estimate of drug-likeness (QED) is 0.820. The van der Waals surface area contributed by atoms with E-state index in [0.717, 1.165) is 25.3 Å². The summed E-state index contributed by atoms with van der Waals surface area (Å²) in [6, 6.07) is 4.03. The molecule has 6 heteroatoms. The third kappa shape index (κ3) is 3.56. The van der Waals surface area contributed by atoms with Gasteiger partial charge >= 0.3 is 6.18 Å².